The van der Waals surface area contributed by atoms with E-state index >= 15 is 0 Å². The number of nitrogens with one attached hydrogen (secondary N) is 1. The first-order valence-corrected chi connectivity index (χ1v) is 11.7. The van der Waals surface area contributed by atoms with E-state index in [1.807, 2.05) is 20.8 Å². The van der Waals surface area contributed by atoms with E-state index in [0.29, 0.717) is 21.7 Å². The first-order chi connectivity index (χ1) is 14.5. The molecule has 2 aromatic carbocycles. The van der Waals surface area contributed by atoms with E-state index in [9.17, 15) is 13.2 Å². The summed E-state index contributed by atoms with van der Waals surface area (Å²) in [6.07, 6.45) is 1.73. The van der Waals surface area contributed by atoms with Gasteiger partial charge in [-0.25, -0.2) is 13.9 Å². The number of hydrogen-bond donors (Lipinski definition) is 1. The Morgan fingerprint density at radius 3 is 2.26 bits per heavy atom. The van der Waals surface area contributed by atoms with Crippen molar-refractivity contribution in [3.05, 3.63) is 76.3 Å². The number of carbonyl (C=O) groups excluding carboxylic acids is 1. The predicted octanol–water partition coefficient (Wildman–Crippen LogP) is 4.41. The van der Waals surface area contributed by atoms with Crippen LogP contribution in [0.5, 0.6) is 0 Å². The predicted molar refractivity (Wildman–Crippen MR) is 121 cm³/mol. The molecule has 2 aromatic rings. The summed E-state index contributed by atoms with van der Waals surface area (Å²) in [5, 5.41) is 0.523. The molecule has 0 fully saturated rings. The van der Waals surface area contributed by atoms with Crippen LogP contribution in [0.2, 0.25) is 5.02 Å². The summed E-state index contributed by atoms with van der Waals surface area (Å²) in [4.78, 5) is 17.9. The zero-order valence-electron chi connectivity index (χ0n) is 18.2. The summed E-state index contributed by atoms with van der Waals surface area (Å²) in [6.45, 7) is 7.61. The molecule has 1 aliphatic rings. The molecule has 0 spiro atoms. The number of benzene rings is 2. The lowest BCUT2D eigenvalue weighted by atomic mass is 9.87. The van der Waals surface area contributed by atoms with Crippen LogP contribution in [0.4, 0.5) is 0 Å². The number of hydrogen-bond acceptors (Lipinski definition) is 4. The largest absolute Gasteiger partial charge is 0.277 e. The third-order valence-electron chi connectivity index (χ3n) is 5.34. The molecule has 0 radical (unpaired) electrons. The lowest BCUT2D eigenvalue weighted by Crippen LogP contribution is -2.45. The fourth-order valence-corrected chi connectivity index (χ4v) is 6.10. The Hall–Kier alpha value is -2.19. The highest BCUT2D eigenvalue weighted by atomic mass is 35.5. The average Bonchev–Trinajstić information content (AvgIpc) is 3.11. The van der Waals surface area contributed by atoms with Crippen molar-refractivity contribution >= 4 is 27.5 Å². The van der Waals surface area contributed by atoms with Gasteiger partial charge in [0.05, 0.1) is 18.0 Å². The van der Waals surface area contributed by atoms with Crippen LogP contribution in [-0.4, -0.2) is 31.8 Å². The van der Waals surface area contributed by atoms with Gasteiger partial charge in [-0.2, -0.15) is 4.31 Å². The zero-order chi connectivity index (χ0) is 23.0. The highest BCUT2D eigenvalue weighted by Gasteiger charge is 2.49. The molecule has 1 heterocycles. The molecule has 6 nitrogen and oxygen atoms in total. The number of nitrogens with zero attached hydrogens (tertiary/aromatic N) is 1. The normalized spacial score (nSPS) is 19.9. The van der Waals surface area contributed by atoms with Crippen molar-refractivity contribution in [2.75, 3.05) is 7.11 Å². The summed E-state index contributed by atoms with van der Waals surface area (Å²) >= 11 is 6.07. The maximum atomic E-state index is 14.0. The molecule has 0 bridgehead atoms. The SMILES string of the molecule is CONC(=O)C1=CC(C(C)(C)C)N(S(=O)(=O)c2ccccc2C)C1c1ccc(Cl)cc1. The minimum atomic E-state index is -3.96. The monoisotopic (exact) mass is 462 g/mol. The second-order valence-electron chi connectivity index (χ2n) is 8.62. The summed E-state index contributed by atoms with van der Waals surface area (Å²) < 4.78 is 29.4. The molecule has 0 aliphatic carbocycles. The van der Waals surface area contributed by atoms with Gasteiger partial charge in [-0.1, -0.05) is 68.8 Å². The summed E-state index contributed by atoms with van der Waals surface area (Å²) in [5.41, 5.74) is 3.45. The molecule has 0 saturated carbocycles. The highest BCUT2D eigenvalue weighted by Crippen LogP contribution is 2.46. The second kappa shape index (κ2) is 8.74. The quantitative estimate of drug-likeness (QED) is 0.667. The van der Waals surface area contributed by atoms with Crippen LogP contribution in [0.3, 0.4) is 0 Å². The van der Waals surface area contributed by atoms with Gasteiger partial charge in [-0.15, -0.1) is 0 Å². The van der Waals surface area contributed by atoms with E-state index < -0.39 is 33.4 Å². The van der Waals surface area contributed by atoms with Gasteiger partial charge < -0.3 is 0 Å². The van der Waals surface area contributed by atoms with E-state index in [2.05, 4.69) is 5.48 Å². The lowest BCUT2D eigenvalue weighted by Gasteiger charge is -2.37. The van der Waals surface area contributed by atoms with E-state index in [1.54, 1.807) is 61.5 Å². The van der Waals surface area contributed by atoms with Crippen molar-refractivity contribution in [1.29, 1.82) is 0 Å². The van der Waals surface area contributed by atoms with Crippen LogP contribution in [0.15, 0.2) is 65.1 Å². The number of sulfonamides is 1. The number of halogens is 1. The molecule has 166 valence electrons. The third-order valence-corrected chi connectivity index (χ3v) is 7.60. The number of amides is 1. The zero-order valence-corrected chi connectivity index (χ0v) is 19.8. The molecule has 31 heavy (non-hydrogen) atoms. The molecule has 3 rings (SSSR count). The minimum Gasteiger partial charge on any atom is -0.277 e. The van der Waals surface area contributed by atoms with Gasteiger partial charge in [0.15, 0.2) is 0 Å². The van der Waals surface area contributed by atoms with Crippen LogP contribution < -0.4 is 5.48 Å². The van der Waals surface area contributed by atoms with Crippen LogP contribution >= 0.6 is 11.6 Å². The molecular weight excluding hydrogens is 436 g/mol. The standard InChI is InChI=1S/C23H27ClN2O4S/c1-15-8-6-7-9-19(15)31(28,29)26-20(23(2,3)4)14-18(22(27)25-30-5)21(26)16-10-12-17(24)13-11-16/h6-14,20-21H,1-5H3,(H,25,27). The first kappa shape index (κ1) is 23.5. The molecule has 0 saturated heterocycles. The second-order valence-corrected chi connectivity index (χ2v) is 10.9. The molecular formula is C23H27ClN2O4S. The Balaban J connectivity index is 2.26. The molecule has 1 amide bonds. The van der Waals surface area contributed by atoms with Gasteiger partial charge in [0.1, 0.15) is 0 Å². The van der Waals surface area contributed by atoms with Gasteiger partial charge in [0, 0.05) is 16.6 Å². The summed E-state index contributed by atoms with van der Waals surface area (Å²) in [7, 11) is -2.62. The van der Waals surface area contributed by atoms with E-state index in [4.69, 9.17) is 16.4 Å². The third kappa shape index (κ3) is 4.55. The number of carbonyl (C=O) groups is 1. The Labute approximate surface area is 188 Å². The smallest absolute Gasteiger partial charge is 0.272 e. The summed E-state index contributed by atoms with van der Waals surface area (Å²) in [6, 6.07) is 12.3. The molecule has 1 aliphatic heterocycles. The van der Waals surface area contributed by atoms with Crippen LogP contribution in [0.1, 0.15) is 37.9 Å². The summed E-state index contributed by atoms with van der Waals surface area (Å²) in [5.74, 6) is -0.487. The highest BCUT2D eigenvalue weighted by molar-refractivity contribution is 7.89. The molecule has 1 N–H and O–H groups in total. The van der Waals surface area contributed by atoms with Gasteiger partial charge in [-0.3, -0.25) is 9.63 Å². The van der Waals surface area contributed by atoms with Crippen molar-refractivity contribution in [2.45, 2.75) is 44.7 Å². The Morgan fingerprint density at radius 1 is 1.10 bits per heavy atom. The fraction of sp³-hybridized carbons (Fsp3) is 0.348. The van der Waals surface area contributed by atoms with E-state index in [0.717, 1.165) is 0 Å². The maximum Gasteiger partial charge on any atom is 0.272 e. The minimum absolute atomic E-state index is 0.213. The van der Waals surface area contributed by atoms with E-state index in [1.165, 1.54) is 11.4 Å². The topological polar surface area (TPSA) is 75.7 Å². The van der Waals surface area contributed by atoms with Crippen molar-refractivity contribution in [3.8, 4) is 0 Å². The molecule has 0 aromatic heterocycles. The van der Waals surface area contributed by atoms with Crippen LogP contribution in [-0.2, 0) is 19.7 Å². The van der Waals surface area contributed by atoms with Crippen molar-refractivity contribution < 1.29 is 18.0 Å². The first-order valence-electron chi connectivity index (χ1n) is 9.88. The van der Waals surface area contributed by atoms with Crippen LogP contribution in [0.25, 0.3) is 0 Å². The molecule has 2 unspecified atom stereocenters. The Morgan fingerprint density at radius 2 is 1.71 bits per heavy atom. The van der Waals surface area contributed by atoms with Gasteiger partial charge in [0.25, 0.3) is 5.91 Å². The maximum absolute atomic E-state index is 14.0. The van der Waals surface area contributed by atoms with Gasteiger partial charge in [0.2, 0.25) is 10.0 Å². The van der Waals surface area contributed by atoms with E-state index in [-0.39, 0.29) is 4.90 Å². The Kier molecular flexibility index (Phi) is 6.62. The van der Waals surface area contributed by atoms with Crippen molar-refractivity contribution in [3.63, 3.8) is 0 Å². The fourth-order valence-electron chi connectivity index (χ4n) is 3.83. The van der Waals surface area contributed by atoms with Crippen LogP contribution in [0, 0.1) is 12.3 Å². The Bertz CT molecular complexity index is 1110. The number of aryl methyl sites for hydroxylation is 1. The molecule has 2 atom stereocenters. The number of rotatable bonds is 5. The molecule has 8 heteroatoms. The average molecular weight is 463 g/mol. The lowest BCUT2D eigenvalue weighted by molar-refractivity contribution is -0.127. The van der Waals surface area contributed by atoms with Crippen molar-refractivity contribution in [2.24, 2.45) is 5.41 Å². The van der Waals surface area contributed by atoms with Crippen molar-refractivity contribution in [1.82, 2.24) is 9.79 Å². The van der Waals surface area contributed by atoms with Gasteiger partial charge >= 0.3 is 0 Å². The van der Waals surface area contributed by atoms with Gasteiger partial charge in [-0.05, 0) is 41.7 Å². The number of hydroxylamine groups is 1.